The van der Waals surface area contributed by atoms with Gasteiger partial charge in [0.2, 0.25) is 0 Å². The summed E-state index contributed by atoms with van der Waals surface area (Å²) in [6, 6.07) is 47.4. The molecule has 0 fully saturated rings. The molecule has 6 nitrogen and oxygen atoms in total. The van der Waals surface area contributed by atoms with Gasteiger partial charge >= 0.3 is 0 Å². The van der Waals surface area contributed by atoms with E-state index in [-0.39, 0.29) is 0 Å². The highest BCUT2D eigenvalue weighted by Crippen LogP contribution is 2.42. The molecule has 0 saturated heterocycles. The molecule has 0 aliphatic heterocycles. The second-order valence-corrected chi connectivity index (χ2v) is 12.8. The van der Waals surface area contributed by atoms with Gasteiger partial charge in [-0.05, 0) is 55.0 Å². The van der Waals surface area contributed by atoms with E-state index in [0.29, 0.717) is 17.5 Å². The molecule has 9 aromatic rings. The Balaban J connectivity index is 1.13. The van der Waals surface area contributed by atoms with Crippen LogP contribution in [0, 0.1) is 0 Å². The van der Waals surface area contributed by atoms with E-state index >= 15 is 0 Å². The van der Waals surface area contributed by atoms with Crippen LogP contribution >= 0.6 is 0 Å². The number of aromatic nitrogens is 3. The maximum absolute atomic E-state index is 6.62. The number of hydrogen-bond donors (Lipinski definition) is 0. The first-order chi connectivity index (χ1) is 25.8. The third kappa shape index (κ3) is 5.17. The van der Waals surface area contributed by atoms with E-state index in [9.17, 15) is 0 Å². The molecule has 6 heteroatoms. The van der Waals surface area contributed by atoms with Crippen molar-refractivity contribution in [2.75, 3.05) is 4.90 Å². The summed E-state index contributed by atoms with van der Waals surface area (Å²) in [7, 11) is 0. The number of fused-ring (bicyclic) bond motifs is 6. The lowest BCUT2D eigenvalue weighted by Gasteiger charge is -2.25. The van der Waals surface area contributed by atoms with Gasteiger partial charge in [0.1, 0.15) is 22.3 Å². The summed E-state index contributed by atoms with van der Waals surface area (Å²) in [6.45, 7) is 0. The molecule has 1 aliphatic carbocycles. The average molecular weight is 671 g/mol. The van der Waals surface area contributed by atoms with Crippen LogP contribution in [0.2, 0.25) is 0 Å². The van der Waals surface area contributed by atoms with Gasteiger partial charge in [0, 0.05) is 67.4 Å². The first kappa shape index (κ1) is 29.8. The highest BCUT2D eigenvalue weighted by Gasteiger charge is 2.21. The molecule has 52 heavy (non-hydrogen) atoms. The molecule has 3 aromatic heterocycles. The Bertz CT molecular complexity index is 2880. The fourth-order valence-corrected chi connectivity index (χ4v) is 7.09. The lowest BCUT2D eigenvalue weighted by Crippen LogP contribution is -2.09. The zero-order valence-corrected chi connectivity index (χ0v) is 28.0. The highest BCUT2D eigenvalue weighted by molar-refractivity contribution is 6.13. The van der Waals surface area contributed by atoms with E-state index in [1.165, 1.54) is 0 Å². The predicted octanol–water partition coefficient (Wildman–Crippen LogP) is 12.4. The third-order valence-corrected chi connectivity index (χ3v) is 9.52. The molecule has 0 radical (unpaired) electrons. The van der Waals surface area contributed by atoms with Crippen LogP contribution in [0.3, 0.4) is 0 Å². The second kappa shape index (κ2) is 12.4. The van der Waals surface area contributed by atoms with E-state index in [4.69, 9.17) is 23.8 Å². The number of allylic oxidation sites excluding steroid dienone is 6. The summed E-state index contributed by atoms with van der Waals surface area (Å²) in [5.74, 6) is 1.84. The van der Waals surface area contributed by atoms with Gasteiger partial charge in [-0.15, -0.1) is 0 Å². The van der Waals surface area contributed by atoms with Gasteiger partial charge in [0.05, 0.1) is 0 Å². The summed E-state index contributed by atoms with van der Waals surface area (Å²) in [5, 5.41) is 4.14. The lowest BCUT2D eigenvalue weighted by atomic mass is 10.0. The van der Waals surface area contributed by atoms with Crippen LogP contribution in [0.4, 0.5) is 17.1 Å². The van der Waals surface area contributed by atoms with Crippen molar-refractivity contribution in [3.05, 3.63) is 176 Å². The molecule has 0 unspecified atom stereocenters. The van der Waals surface area contributed by atoms with E-state index in [1.807, 2.05) is 66.7 Å². The molecule has 3 heterocycles. The molecule has 0 spiro atoms. The van der Waals surface area contributed by atoms with Crippen molar-refractivity contribution < 1.29 is 8.83 Å². The fraction of sp³-hybridized carbons (Fsp3) is 0.0217. The largest absolute Gasteiger partial charge is 0.456 e. The molecule has 10 rings (SSSR count). The van der Waals surface area contributed by atoms with Crippen LogP contribution < -0.4 is 4.90 Å². The minimum absolute atomic E-state index is 0.591. The van der Waals surface area contributed by atoms with Gasteiger partial charge in [-0.2, -0.15) is 0 Å². The number of nitrogens with zero attached hydrogens (tertiary/aromatic N) is 4. The summed E-state index contributed by atoms with van der Waals surface area (Å²) in [4.78, 5) is 17.3. The molecule has 0 bridgehead atoms. The van der Waals surface area contributed by atoms with E-state index in [1.54, 1.807) is 0 Å². The molecule has 0 N–H and O–H groups in total. The molecule has 0 atom stereocenters. The highest BCUT2D eigenvalue weighted by atomic mass is 16.3. The predicted molar refractivity (Wildman–Crippen MR) is 211 cm³/mol. The van der Waals surface area contributed by atoms with Crippen molar-refractivity contribution in [2.45, 2.75) is 6.42 Å². The molecule has 0 amide bonds. The maximum atomic E-state index is 6.62. The summed E-state index contributed by atoms with van der Waals surface area (Å²) in [5.41, 5.74) is 8.96. The van der Waals surface area contributed by atoms with Crippen LogP contribution in [-0.2, 0) is 0 Å². The van der Waals surface area contributed by atoms with Crippen molar-refractivity contribution in [1.29, 1.82) is 0 Å². The summed E-state index contributed by atoms with van der Waals surface area (Å²) < 4.78 is 12.9. The quantitative estimate of drug-likeness (QED) is 0.175. The van der Waals surface area contributed by atoms with Crippen LogP contribution in [0.5, 0.6) is 0 Å². The monoisotopic (exact) mass is 670 g/mol. The summed E-state index contributed by atoms with van der Waals surface area (Å²) >= 11 is 0. The smallest absolute Gasteiger partial charge is 0.164 e. The lowest BCUT2D eigenvalue weighted by molar-refractivity contribution is 0.669. The molecular formula is C46H30N4O2. The minimum Gasteiger partial charge on any atom is -0.456 e. The van der Waals surface area contributed by atoms with E-state index in [0.717, 1.165) is 84.1 Å². The van der Waals surface area contributed by atoms with Gasteiger partial charge < -0.3 is 13.7 Å². The van der Waals surface area contributed by atoms with Crippen molar-refractivity contribution >= 4 is 66.5 Å². The molecule has 246 valence electrons. The number of hydrogen-bond acceptors (Lipinski definition) is 6. The van der Waals surface area contributed by atoms with Crippen molar-refractivity contribution in [1.82, 2.24) is 15.0 Å². The van der Waals surface area contributed by atoms with Gasteiger partial charge in [0.15, 0.2) is 17.5 Å². The minimum atomic E-state index is 0.591. The van der Waals surface area contributed by atoms with Crippen molar-refractivity contribution in [3.63, 3.8) is 0 Å². The Morgan fingerprint density at radius 1 is 0.481 bits per heavy atom. The first-order valence-electron chi connectivity index (χ1n) is 17.3. The van der Waals surface area contributed by atoms with Crippen molar-refractivity contribution in [3.8, 4) is 22.8 Å². The van der Waals surface area contributed by atoms with Gasteiger partial charge in [0.25, 0.3) is 0 Å². The Kier molecular flexibility index (Phi) is 7.10. The van der Waals surface area contributed by atoms with Crippen LogP contribution in [0.15, 0.2) is 179 Å². The van der Waals surface area contributed by atoms with Gasteiger partial charge in [-0.3, -0.25) is 0 Å². The number of rotatable bonds is 6. The third-order valence-electron chi connectivity index (χ3n) is 9.52. The number of furan rings is 2. The number of anilines is 3. The molecule has 6 aromatic carbocycles. The zero-order chi connectivity index (χ0) is 34.4. The van der Waals surface area contributed by atoms with Crippen molar-refractivity contribution in [2.24, 2.45) is 0 Å². The Hall–Kier alpha value is -7.05. The standard InChI is InChI=1S/C46H30N4O2/c1-2-6-15-30(14-5-1)44-47-45(31-16-7-3-8-17-31)49-46(48-44)38-21-13-23-40-43(38)37-27-25-34(29-42(37)52-40)50(32-18-9-4-10-19-32)33-24-26-36-35-20-11-12-22-39(35)51-41(36)28-33/h1,3-29H,2H2. The van der Waals surface area contributed by atoms with E-state index < -0.39 is 0 Å². The van der Waals surface area contributed by atoms with Crippen LogP contribution in [0.1, 0.15) is 12.2 Å². The SMILES string of the molecule is C1=CCC=CC(c2nc(-c3ccccc3)nc(-c3cccc4oc5cc(N(c6ccccc6)c6ccc7c(c6)oc6ccccc67)ccc5c34)n2)=C1. The number of para-hydroxylation sites is 2. The second-order valence-electron chi connectivity index (χ2n) is 12.8. The first-order valence-corrected chi connectivity index (χ1v) is 17.3. The van der Waals surface area contributed by atoms with Crippen LogP contribution in [-0.4, -0.2) is 15.0 Å². The molecule has 0 saturated carbocycles. The summed E-state index contributed by atoms with van der Waals surface area (Å²) in [6.07, 6.45) is 11.3. The Morgan fingerprint density at radius 3 is 1.98 bits per heavy atom. The molecular weight excluding hydrogens is 641 g/mol. The molecule has 1 aliphatic rings. The van der Waals surface area contributed by atoms with Gasteiger partial charge in [-0.1, -0.05) is 109 Å². The fourth-order valence-electron chi connectivity index (χ4n) is 7.09. The van der Waals surface area contributed by atoms with Crippen LogP contribution in [0.25, 0.3) is 72.2 Å². The average Bonchev–Trinajstić information content (AvgIpc) is 3.63. The Morgan fingerprint density at radius 2 is 1.13 bits per heavy atom. The van der Waals surface area contributed by atoms with E-state index in [2.05, 4.69) is 108 Å². The zero-order valence-electron chi connectivity index (χ0n) is 28.0. The number of benzene rings is 6. The Labute approximate surface area is 299 Å². The van der Waals surface area contributed by atoms with Gasteiger partial charge in [-0.25, -0.2) is 15.0 Å². The topological polar surface area (TPSA) is 68.2 Å². The maximum Gasteiger partial charge on any atom is 0.164 e. The normalized spacial score (nSPS) is 12.9.